The maximum absolute atomic E-state index is 14.8. The topological polar surface area (TPSA) is 54.0 Å². The van der Waals surface area contributed by atoms with Crippen LogP contribution >= 0.6 is 0 Å². The fourth-order valence-corrected chi connectivity index (χ4v) is 4.26. The molecule has 0 atom stereocenters. The van der Waals surface area contributed by atoms with E-state index in [0.29, 0.717) is 37.1 Å². The quantitative estimate of drug-likeness (QED) is 0.141. The SMILES string of the molecule is CCCCCCCC1COC(c2ccc(C(=O)Oc3ccc(OCCCCCC)cc3)cc2F)OC1. The van der Waals surface area contributed by atoms with Gasteiger partial charge < -0.3 is 18.9 Å². The zero-order valence-corrected chi connectivity index (χ0v) is 21.8. The van der Waals surface area contributed by atoms with Crippen molar-refractivity contribution in [3.05, 3.63) is 59.4 Å². The van der Waals surface area contributed by atoms with Gasteiger partial charge in [-0.2, -0.15) is 0 Å². The third-order valence-corrected chi connectivity index (χ3v) is 6.47. The number of rotatable bonds is 15. The summed E-state index contributed by atoms with van der Waals surface area (Å²) in [6, 6.07) is 11.1. The highest BCUT2D eigenvalue weighted by atomic mass is 19.1. The second-order valence-corrected chi connectivity index (χ2v) is 9.57. The van der Waals surface area contributed by atoms with Gasteiger partial charge in [-0.25, -0.2) is 9.18 Å². The van der Waals surface area contributed by atoms with Gasteiger partial charge in [0, 0.05) is 11.5 Å². The Bertz CT molecular complexity index is 906. The number of carbonyl (C=O) groups excluding carboxylic acids is 1. The van der Waals surface area contributed by atoms with Crippen molar-refractivity contribution in [3.8, 4) is 11.5 Å². The summed E-state index contributed by atoms with van der Waals surface area (Å²) in [7, 11) is 0. The molecule has 0 aliphatic carbocycles. The molecule has 198 valence electrons. The average Bonchev–Trinajstić information content (AvgIpc) is 2.90. The lowest BCUT2D eigenvalue weighted by atomic mass is 10.0. The molecular weight excluding hydrogens is 459 g/mol. The first kappa shape index (κ1) is 28.1. The summed E-state index contributed by atoms with van der Waals surface area (Å²) in [5, 5.41) is 0. The second kappa shape index (κ2) is 15.6. The highest BCUT2D eigenvalue weighted by molar-refractivity contribution is 5.91. The lowest BCUT2D eigenvalue weighted by molar-refractivity contribution is -0.207. The van der Waals surface area contributed by atoms with Gasteiger partial charge in [-0.3, -0.25) is 0 Å². The summed E-state index contributed by atoms with van der Waals surface area (Å²) in [5.41, 5.74) is 0.432. The Hall–Kier alpha value is -2.44. The summed E-state index contributed by atoms with van der Waals surface area (Å²) in [5.74, 6) is 0.287. The van der Waals surface area contributed by atoms with Crippen LogP contribution in [0.2, 0.25) is 0 Å². The van der Waals surface area contributed by atoms with Crippen LogP contribution in [0.1, 0.15) is 100 Å². The van der Waals surface area contributed by atoms with Crippen LogP contribution in [0.25, 0.3) is 0 Å². The smallest absolute Gasteiger partial charge is 0.343 e. The largest absolute Gasteiger partial charge is 0.494 e. The summed E-state index contributed by atoms with van der Waals surface area (Å²) < 4.78 is 37.5. The number of benzene rings is 2. The predicted octanol–water partition coefficient (Wildman–Crippen LogP) is 8.03. The van der Waals surface area contributed by atoms with E-state index in [4.69, 9.17) is 18.9 Å². The molecule has 0 bridgehead atoms. The molecule has 0 radical (unpaired) electrons. The van der Waals surface area contributed by atoms with E-state index in [1.165, 1.54) is 57.1 Å². The Balaban J connectivity index is 1.44. The Kier molecular flexibility index (Phi) is 12.2. The zero-order valence-electron chi connectivity index (χ0n) is 21.8. The highest BCUT2D eigenvalue weighted by Gasteiger charge is 2.26. The van der Waals surface area contributed by atoms with Crippen molar-refractivity contribution in [2.24, 2.45) is 5.92 Å². The van der Waals surface area contributed by atoms with E-state index in [2.05, 4.69) is 13.8 Å². The minimum Gasteiger partial charge on any atom is -0.494 e. The van der Waals surface area contributed by atoms with E-state index in [-0.39, 0.29) is 5.56 Å². The van der Waals surface area contributed by atoms with Crippen LogP contribution in [0, 0.1) is 11.7 Å². The standard InChI is InChI=1S/C30H41FO5/c1-3-5-7-9-10-12-23-21-34-30(35-22-23)27-18-13-24(20-28(27)31)29(32)36-26-16-14-25(15-17-26)33-19-11-8-6-4-2/h13-18,20,23,30H,3-12,19,21-22H2,1-2H3. The molecule has 6 heteroatoms. The Morgan fingerprint density at radius 2 is 1.50 bits per heavy atom. The van der Waals surface area contributed by atoms with E-state index in [9.17, 15) is 9.18 Å². The Labute approximate surface area is 215 Å². The molecular formula is C30H41FO5. The lowest BCUT2D eigenvalue weighted by Gasteiger charge is -2.30. The van der Waals surface area contributed by atoms with Crippen LogP contribution in [0.5, 0.6) is 11.5 Å². The van der Waals surface area contributed by atoms with Gasteiger partial charge in [-0.1, -0.05) is 71.3 Å². The van der Waals surface area contributed by atoms with Crippen molar-refractivity contribution in [3.63, 3.8) is 0 Å². The molecule has 0 aromatic heterocycles. The summed E-state index contributed by atoms with van der Waals surface area (Å²) in [4.78, 5) is 12.5. The normalized spacial score (nSPS) is 17.6. The van der Waals surface area contributed by atoms with Crippen molar-refractivity contribution < 1.29 is 28.1 Å². The number of esters is 1. The summed E-state index contributed by atoms with van der Waals surface area (Å²) in [6.45, 7) is 6.16. The van der Waals surface area contributed by atoms with Gasteiger partial charge in [0.15, 0.2) is 6.29 Å². The van der Waals surface area contributed by atoms with Crippen molar-refractivity contribution in [1.29, 1.82) is 0 Å². The van der Waals surface area contributed by atoms with Gasteiger partial charge >= 0.3 is 5.97 Å². The first-order chi connectivity index (χ1) is 17.6. The van der Waals surface area contributed by atoms with Crippen molar-refractivity contribution in [1.82, 2.24) is 0 Å². The fourth-order valence-electron chi connectivity index (χ4n) is 4.26. The molecule has 0 unspecified atom stereocenters. The van der Waals surface area contributed by atoms with Crippen LogP contribution in [0.4, 0.5) is 4.39 Å². The fraction of sp³-hybridized carbons (Fsp3) is 0.567. The molecule has 36 heavy (non-hydrogen) atoms. The molecule has 1 aliphatic heterocycles. The van der Waals surface area contributed by atoms with E-state index in [1.807, 2.05) is 0 Å². The molecule has 0 amide bonds. The molecule has 1 fully saturated rings. The van der Waals surface area contributed by atoms with E-state index >= 15 is 0 Å². The van der Waals surface area contributed by atoms with Crippen LogP contribution < -0.4 is 9.47 Å². The Morgan fingerprint density at radius 3 is 2.17 bits per heavy atom. The molecule has 2 aromatic carbocycles. The van der Waals surface area contributed by atoms with Crippen LogP contribution in [-0.2, 0) is 9.47 Å². The third-order valence-electron chi connectivity index (χ3n) is 6.47. The number of carbonyl (C=O) groups is 1. The van der Waals surface area contributed by atoms with Crippen molar-refractivity contribution >= 4 is 5.97 Å². The molecule has 3 rings (SSSR count). The number of ether oxygens (including phenoxy) is 4. The molecule has 5 nitrogen and oxygen atoms in total. The number of halogens is 1. The molecule has 1 saturated heterocycles. The maximum Gasteiger partial charge on any atom is 0.343 e. The molecule has 0 saturated carbocycles. The first-order valence-electron chi connectivity index (χ1n) is 13.6. The van der Waals surface area contributed by atoms with Gasteiger partial charge in [0.05, 0.1) is 25.4 Å². The van der Waals surface area contributed by atoms with Gasteiger partial charge in [0.25, 0.3) is 0 Å². The maximum atomic E-state index is 14.8. The van der Waals surface area contributed by atoms with Gasteiger partial charge in [0.1, 0.15) is 17.3 Å². The summed E-state index contributed by atoms with van der Waals surface area (Å²) >= 11 is 0. The molecule has 2 aromatic rings. The molecule has 0 N–H and O–H groups in total. The van der Waals surface area contributed by atoms with E-state index in [1.54, 1.807) is 30.3 Å². The van der Waals surface area contributed by atoms with Crippen LogP contribution in [-0.4, -0.2) is 25.8 Å². The highest BCUT2D eigenvalue weighted by Crippen LogP contribution is 2.30. The van der Waals surface area contributed by atoms with E-state index < -0.39 is 18.1 Å². The first-order valence-corrected chi connectivity index (χ1v) is 13.6. The van der Waals surface area contributed by atoms with Crippen LogP contribution in [0.15, 0.2) is 42.5 Å². The molecule has 1 heterocycles. The number of hydrogen-bond acceptors (Lipinski definition) is 5. The third kappa shape index (κ3) is 9.21. The van der Waals surface area contributed by atoms with Crippen molar-refractivity contribution in [2.75, 3.05) is 19.8 Å². The monoisotopic (exact) mass is 500 g/mol. The minimum absolute atomic E-state index is 0.133. The molecule has 1 aliphatic rings. The second-order valence-electron chi connectivity index (χ2n) is 9.57. The number of unbranched alkanes of at least 4 members (excludes halogenated alkanes) is 7. The number of hydrogen-bond donors (Lipinski definition) is 0. The predicted molar refractivity (Wildman–Crippen MR) is 139 cm³/mol. The van der Waals surface area contributed by atoms with E-state index in [0.717, 1.165) is 25.0 Å². The lowest BCUT2D eigenvalue weighted by Crippen LogP contribution is -2.27. The van der Waals surface area contributed by atoms with Gasteiger partial charge in [-0.05, 0) is 49.2 Å². The van der Waals surface area contributed by atoms with Gasteiger partial charge in [-0.15, -0.1) is 0 Å². The zero-order chi connectivity index (χ0) is 25.6. The summed E-state index contributed by atoms with van der Waals surface area (Å²) in [6.07, 6.45) is 11.1. The minimum atomic E-state index is -0.749. The molecule has 0 spiro atoms. The van der Waals surface area contributed by atoms with Gasteiger partial charge in [0.2, 0.25) is 0 Å². The van der Waals surface area contributed by atoms with Crippen molar-refractivity contribution in [2.45, 2.75) is 84.3 Å². The Morgan fingerprint density at radius 1 is 0.861 bits per heavy atom. The van der Waals surface area contributed by atoms with Crippen LogP contribution in [0.3, 0.4) is 0 Å². The average molecular weight is 501 g/mol.